The van der Waals surface area contributed by atoms with Crippen LogP contribution in [0.25, 0.3) is 0 Å². The van der Waals surface area contributed by atoms with Crippen molar-refractivity contribution in [3.8, 4) is 5.75 Å². The molecular formula is C17H25N3O3. The van der Waals surface area contributed by atoms with Gasteiger partial charge in [-0.1, -0.05) is 0 Å². The molecular weight excluding hydrogens is 294 g/mol. The molecule has 3 rings (SSSR count). The molecule has 0 aromatic heterocycles. The van der Waals surface area contributed by atoms with Crippen LogP contribution in [0.4, 0.5) is 5.69 Å². The second-order valence-electron chi connectivity index (χ2n) is 6.40. The topological polar surface area (TPSA) is 67.3 Å². The van der Waals surface area contributed by atoms with Crippen molar-refractivity contribution in [2.24, 2.45) is 0 Å². The lowest BCUT2D eigenvalue weighted by atomic mass is 10.2. The smallest absolute Gasteiger partial charge is 0.222 e. The van der Waals surface area contributed by atoms with E-state index in [1.54, 1.807) is 17.0 Å². The zero-order chi connectivity index (χ0) is 16.2. The number of aromatic hydroxyl groups is 1. The number of β-amino-alcohol motifs (C(OH)–C–C–N with tert-alkyl or cyclic N) is 1. The van der Waals surface area contributed by atoms with E-state index in [4.69, 9.17) is 0 Å². The van der Waals surface area contributed by atoms with Crippen molar-refractivity contribution in [1.82, 2.24) is 9.80 Å². The number of benzene rings is 1. The van der Waals surface area contributed by atoms with E-state index in [2.05, 4.69) is 9.80 Å². The van der Waals surface area contributed by atoms with Crippen molar-refractivity contribution in [3.05, 3.63) is 24.3 Å². The van der Waals surface area contributed by atoms with E-state index in [-0.39, 0.29) is 11.7 Å². The highest BCUT2D eigenvalue weighted by molar-refractivity contribution is 5.78. The summed E-state index contributed by atoms with van der Waals surface area (Å²) in [6.45, 7) is 5.45. The highest BCUT2D eigenvalue weighted by Gasteiger charge is 2.25. The molecule has 1 aromatic carbocycles. The summed E-state index contributed by atoms with van der Waals surface area (Å²) in [5.74, 6) is 0.452. The van der Waals surface area contributed by atoms with Gasteiger partial charge < -0.3 is 20.0 Å². The molecule has 2 aliphatic heterocycles. The number of aliphatic hydroxyl groups excluding tert-OH is 1. The molecule has 0 aliphatic carbocycles. The molecule has 1 amide bonds. The summed E-state index contributed by atoms with van der Waals surface area (Å²) < 4.78 is 0. The minimum absolute atomic E-state index is 0.168. The lowest BCUT2D eigenvalue weighted by molar-refractivity contribution is -0.129. The molecule has 2 N–H and O–H groups in total. The van der Waals surface area contributed by atoms with Crippen molar-refractivity contribution < 1.29 is 15.0 Å². The third-order valence-electron chi connectivity index (χ3n) is 4.66. The Kier molecular flexibility index (Phi) is 5.03. The number of piperazine rings is 1. The molecule has 0 radical (unpaired) electrons. The second-order valence-corrected chi connectivity index (χ2v) is 6.40. The highest BCUT2D eigenvalue weighted by Crippen LogP contribution is 2.20. The van der Waals surface area contributed by atoms with Gasteiger partial charge in [0, 0.05) is 57.9 Å². The number of likely N-dealkylation sites (tertiary alicyclic amines) is 1. The molecule has 0 spiro atoms. The van der Waals surface area contributed by atoms with E-state index in [1.807, 2.05) is 12.1 Å². The third kappa shape index (κ3) is 4.14. The van der Waals surface area contributed by atoms with Crippen LogP contribution in [0.5, 0.6) is 5.75 Å². The van der Waals surface area contributed by atoms with E-state index in [0.717, 1.165) is 44.8 Å². The lowest BCUT2D eigenvalue weighted by Gasteiger charge is -2.37. The molecule has 2 saturated heterocycles. The van der Waals surface area contributed by atoms with Gasteiger partial charge in [-0.05, 0) is 30.7 Å². The van der Waals surface area contributed by atoms with Crippen molar-refractivity contribution in [1.29, 1.82) is 0 Å². The van der Waals surface area contributed by atoms with Gasteiger partial charge in [-0.3, -0.25) is 9.69 Å². The van der Waals surface area contributed by atoms with E-state index in [9.17, 15) is 15.0 Å². The molecule has 23 heavy (non-hydrogen) atoms. The first-order valence-electron chi connectivity index (χ1n) is 8.34. The third-order valence-corrected chi connectivity index (χ3v) is 4.66. The highest BCUT2D eigenvalue weighted by atomic mass is 16.3. The molecule has 6 heteroatoms. The number of hydrogen-bond acceptors (Lipinski definition) is 5. The van der Waals surface area contributed by atoms with Crippen molar-refractivity contribution >= 4 is 11.6 Å². The van der Waals surface area contributed by atoms with Gasteiger partial charge in [-0.2, -0.15) is 0 Å². The predicted octanol–water partition coefficient (Wildman–Crippen LogP) is 0.497. The van der Waals surface area contributed by atoms with E-state index in [0.29, 0.717) is 19.5 Å². The second kappa shape index (κ2) is 7.19. The van der Waals surface area contributed by atoms with E-state index < -0.39 is 6.10 Å². The van der Waals surface area contributed by atoms with Crippen LogP contribution in [0, 0.1) is 0 Å². The molecule has 6 nitrogen and oxygen atoms in total. The van der Waals surface area contributed by atoms with Gasteiger partial charge in [0.05, 0.1) is 6.10 Å². The average molecular weight is 319 g/mol. The van der Waals surface area contributed by atoms with Gasteiger partial charge >= 0.3 is 0 Å². The van der Waals surface area contributed by atoms with Gasteiger partial charge in [0.15, 0.2) is 0 Å². The Balaban J connectivity index is 1.43. The number of phenols is 1. The molecule has 2 heterocycles. The molecule has 1 aromatic rings. The molecule has 0 saturated carbocycles. The van der Waals surface area contributed by atoms with E-state index >= 15 is 0 Å². The Hall–Kier alpha value is -1.79. The molecule has 1 atom stereocenters. The molecule has 2 aliphatic rings. The first-order valence-corrected chi connectivity index (χ1v) is 8.34. The van der Waals surface area contributed by atoms with Crippen LogP contribution in [0.2, 0.25) is 0 Å². The molecule has 0 bridgehead atoms. The maximum Gasteiger partial charge on any atom is 0.222 e. The van der Waals surface area contributed by atoms with E-state index in [1.165, 1.54) is 0 Å². The lowest BCUT2D eigenvalue weighted by Crippen LogP contribution is -2.50. The van der Waals surface area contributed by atoms with Crippen LogP contribution in [-0.2, 0) is 4.79 Å². The zero-order valence-corrected chi connectivity index (χ0v) is 13.4. The zero-order valence-electron chi connectivity index (χ0n) is 13.4. The summed E-state index contributed by atoms with van der Waals surface area (Å²) in [5, 5.41) is 19.6. The minimum Gasteiger partial charge on any atom is -0.508 e. The largest absolute Gasteiger partial charge is 0.508 e. The summed E-state index contributed by atoms with van der Waals surface area (Å²) in [6, 6.07) is 7.27. The summed E-state index contributed by atoms with van der Waals surface area (Å²) >= 11 is 0. The maximum atomic E-state index is 11.6. The number of hydrogen-bond donors (Lipinski definition) is 2. The number of carbonyl (C=O) groups excluding carboxylic acids is 1. The number of rotatable bonds is 5. The number of phenolic OH excluding ortho intramolecular Hbond substituents is 1. The number of aliphatic hydroxyl groups is 1. The van der Waals surface area contributed by atoms with Crippen LogP contribution in [0.1, 0.15) is 12.8 Å². The van der Waals surface area contributed by atoms with Crippen molar-refractivity contribution in [2.45, 2.75) is 18.9 Å². The first kappa shape index (κ1) is 16.1. The molecule has 2 fully saturated rings. The fourth-order valence-corrected chi connectivity index (χ4v) is 3.36. The fraction of sp³-hybridized carbons (Fsp3) is 0.588. The summed E-state index contributed by atoms with van der Waals surface area (Å²) in [7, 11) is 0. The van der Waals surface area contributed by atoms with Crippen LogP contribution in [0.3, 0.4) is 0 Å². The van der Waals surface area contributed by atoms with Crippen LogP contribution >= 0.6 is 0 Å². The van der Waals surface area contributed by atoms with Crippen molar-refractivity contribution in [2.75, 3.05) is 50.7 Å². The van der Waals surface area contributed by atoms with Gasteiger partial charge in [0.25, 0.3) is 0 Å². The monoisotopic (exact) mass is 319 g/mol. The maximum absolute atomic E-state index is 11.6. The van der Waals surface area contributed by atoms with Crippen molar-refractivity contribution in [3.63, 3.8) is 0 Å². The fourth-order valence-electron chi connectivity index (χ4n) is 3.36. The normalized spacial score (nSPS) is 21.0. The van der Waals surface area contributed by atoms with Gasteiger partial charge in [0.2, 0.25) is 5.91 Å². The Labute approximate surface area is 136 Å². The Morgan fingerprint density at radius 2 is 1.70 bits per heavy atom. The SMILES string of the molecule is O=C1CCCN1CC(O)CN1CCN(c2ccc(O)cc2)CC1. The Bertz CT molecular complexity index is 526. The summed E-state index contributed by atoms with van der Waals surface area (Å²) in [6.07, 6.45) is 1.06. The summed E-state index contributed by atoms with van der Waals surface area (Å²) in [4.78, 5) is 17.9. The van der Waals surface area contributed by atoms with Gasteiger partial charge in [-0.25, -0.2) is 0 Å². The quantitative estimate of drug-likeness (QED) is 0.827. The Morgan fingerprint density at radius 1 is 1.00 bits per heavy atom. The predicted molar refractivity (Wildman–Crippen MR) is 88.6 cm³/mol. The summed E-state index contributed by atoms with van der Waals surface area (Å²) in [5.41, 5.74) is 1.12. The van der Waals surface area contributed by atoms with Crippen LogP contribution in [-0.4, -0.2) is 77.8 Å². The first-order chi connectivity index (χ1) is 11.1. The standard InChI is InChI=1S/C17H25N3O3/c21-15-5-3-14(4-6-15)19-10-8-18(9-11-19)12-16(22)13-20-7-1-2-17(20)23/h3-6,16,21-22H,1-2,7-13H2. The minimum atomic E-state index is -0.475. The average Bonchev–Trinajstić information content (AvgIpc) is 2.94. The van der Waals surface area contributed by atoms with Gasteiger partial charge in [0.1, 0.15) is 5.75 Å². The number of nitrogens with zero attached hydrogens (tertiary/aromatic N) is 3. The number of amides is 1. The number of carbonyl (C=O) groups is 1. The Morgan fingerprint density at radius 3 is 2.30 bits per heavy atom. The number of anilines is 1. The van der Waals surface area contributed by atoms with Crippen LogP contribution in [0.15, 0.2) is 24.3 Å². The van der Waals surface area contributed by atoms with Crippen LogP contribution < -0.4 is 4.90 Å². The van der Waals surface area contributed by atoms with Gasteiger partial charge in [-0.15, -0.1) is 0 Å². The molecule has 126 valence electrons. The molecule has 1 unspecified atom stereocenters.